The Morgan fingerprint density at radius 2 is 1.81 bits per heavy atom. The van der Waals surface area contributed by atoms with Gasteiger partial charge >= 0.3 is 6.09 Å². The average molecular weight is 296 g/mol. The molecule has 3 fully saturated rings. The van der Waals surface area contributed by atoms with Gasteiger partial charge in [0.2, 0.25) is 5.91 Å². The van der Waals surface area contributed by atoms with Crippen LogP contribution in [0.25, 0.3) is 0 Å². The van der Waals surface area contributed by atoms with Gasteiger partial charge in [-0.25, -0.2) is 4.79 Å². The van der Waals surface area contributed by atoms with E-state index in [-0.39, 0.29) is 23.9 Å². The van der Waals surface area contributed by atoms with Crippen molar-refractivity contribution >= 4 is 12.0 Å². The number of rotatable bonds is 3. The van der Waals surface area contributed by atoms with Crippen molar-refractivity contribution in [1.29, 1.82) is 0 Å². The molecule has 3 aliphatic rings. The van der Waals surface area contributed by atoms with Gasteiger partial charge in [-0.1, -0.05) is 0 Å². The molecule has 6 nitrogen and oxygen atoms in total. The first-order valence-corrected chi connectivity index (χ1v) is 8.03. The van der Waals surface area contributed by atoms with E-state index in [1.54, 1.807) is 0 Å². The van der Waals surface area contributed by atoms with Crippen molar-refractivity contribution in [3.05, 3.63) is 0 Å². The third-order valence-electron chi connectivity index (χ3n) is 5.02. The van der Waals surface area contributed by atoms with Gasteiger partial charge < -0.3 is 20.1 Å². The molecule has 3 rings (SSSR count). The number of hydrogen-bond acceptors (Lipinski definition) is 3. The van der Waals surface area contributed by atoms with Crippen molar-refractivity contribution in [3.8, 4) is 0 Å². The summed E-state index contributed by atoms with van der Waals surface area (Å²) in [5.74, 6) is 0.972. The van der Waals surface area contributed by atoms with Crippen LogP contribution in [0.3, 0.4) is 0 Å². The summed E-state index contributed by atoms with van der Waals surface area (Å²) in [7, 11) is 0. The lowest BCUT2D eigenvalue weighted by molar-refractivity contribution is -0.146. The number of carboxylic acid groups (broad SMARTS) is 1. The van der Waals surface area contributed by atoms with Crippen molar-refractivity contribution < 1.29 is 19.4 Å². The van der Waals surface area contributed by atoms with E-state index < -0.39 is 6.09 Å². The monoisotopic (exact) mass is 296 g/mol. The fourth-order valence-electron chi connectivity index (χ4n) is 3.66. The second-order valence-corrected chi connectivity index (χ2v) is 6.51. The molecule has 2 saturated carbocycles. The lowest BCUT2D eigenvalue weighted by atomic mass is 9.84. The third-order valence-corrected chi connectivity index (χ3v) is 5.02. The Kier molecular flexibility index (Phi) is 4.33. The van der Waals surface area contributed by atoms with Crippen LogP contribution in [0.2, 0.25) is 0 Å². The van der Waals surface area contributed by atoms with Gasteiger partial charge in [0, 0.05) is 18.5 Å². The van der Waals surface area contributed by atoms with Crippen LogP contribution in [0.5, 0.6) is 0 Å². The molecule has 0 aromatic rings. The van der Waals surface area contributed by atoms with Gasteiger partial charge in [-0.3, -0.25) is 4.79 Å². The van der Waals surface area contributed by atoms with Crippen molar-refractivity contribution in [2.75, 3.05) is 19.8 Å². The van der Waals surface area contributed by atoms with Crippen LogP contribution in [-0.4, -0.2) is 53.8 Å². The minimum atomic E-state index is -0.966. The van der Waals surface area contributed by atoms with E-state index in [1.807, 2.05) is 0 Å². The normalized spacial score (nSPS) is 33.5. The number of hydrogen-bond donors (Lipinski definition) is 2. The Morgan fingerprint density at radius 3 is 2.43 bits per heavy atom. The molecule has 0 bridgehead atoms. The minimum absolute atomic E-state index is 0.00969. The summed E-state index contributed by atoms with van der Waals surface area (Å²) >= 11 is 0. The maximum atomic E-state index is 12.8. The van der Waals surface area contributed by atoms with E-state index in [4.69, 9.17) is 9.84 Å². The second kappa shape index (κ2) is 6.22. The van der Waals surface area contributed by atoms with Crippen LogP contribution >= 0.6 is 0 Å². The minimum Gasteiger partial charge on any atom is -0.465 e. The summed E-state index contributed by atoms with van der Waals surface area (Å²) in [6.45, 7) is 2.05. The van der Waals surface area contributed by atoms with Gasteiger partial charge in [-0.15, -0.1) is 0 Å². The van der Waals surface area contributed by atoms with E-state index >= 15 is 0 Å². The Labute approximate surface area is 124 Å². The number of nitrogens with one attached hydrogen (secondary N) is 1. The lowest BCUT2D eigenvalue weighted by Crippen LogP contribution is -2.52. The summed E-state index contributed by atoms with van der Waals surface area (Å²) in [5, 5.41) is 11.3. The predicted molar refractivity (Wildman–Crippen MR) is 76.0 cm³/mol. The molecule has 2 amide bonds. The first kappa shape index (κ1) is 14.6. The SMILES string of the molecule is O=C(O)NC1CCC(C(=O)N2CCOC[C@@H]2C2CC2)CC1. The molecule has 21 heavy (non-hydrogen) atoms. The molecular formula is C15H24N2O4. The van der Waals surface area contributed by atoms with E-state index in [9.17, 15) is 9.59 Å². The molecule has 0 aromatic heterocycles. The Morgan fingerprint density at radius 1 is 1.10 bits per heavy atom. The van der Waals surface area contributed by atoms with Crippen LogP contribution in [0.4, 0.5) is 4.79 Å². The molecule has 2 N–H and O–H groups in total. The van der Waals surface area contributed by atoms with Gasteiger partial charge in [-0.2, -0.15) is 0 Å². The quantitative estimate of drug-likeness (QED) is 0.826. The molecule has 0 radical (unpaired) electrons. The topological polar surface area (TPSA) is 78.9 Å². The van der Waals surface area contributed by atoms with Crippen molar-refractivity contribution in [3.63, 3.8) is 0 Å². The smallest absolute Gasteiger partial charge is 0.404 e. The summed E-state index contributed by atoms with van der Waals surface area (Å²) in [6, 6.07) is 0.289. The van der Waals surface area contributed by atoms with Crippen molar-refractivity contribution in [1.82, 2.24) is 10.2 Å². The fourth-order valence-corrected chi connectivity index (χ4v) is 3.66. The van der Waals surface area contributed by atoms with Crippen LogP contribution in [0.15, 0.2) is 0 Å². The number of ether oxygens (including phenoxy) is 1. The molecule has 1 heterocycles. The van der Waals surface area contributed by atoms with Crippen LogP contribution in [0, 0.1) is 11.8 Å². The largest absolute Gasteiger partial charge is 0.465 e. The van der Waals surface area contributed by atoms with Gasteiger partial charge in [-0.05, 0) is 44.4 Å². The first-order chi connectivity index (χ1) is 10.1. The molecule has 1 saturated heterocycles. The molecule has 0 spiro atoms. The van der Waals surface area contributed by atoms with E-state index in [2.05, 4.69) is 10.2 Å². The fraction of sp³-hybridized carbons (Fsp3) is 0.867. The molecular weight excluding hydrogens is 272 g/mol. The first-order valence-electron chi connectivity index (χ1n) is 8.03. The van der Waals surface area contributed by atoms with Crippen molar-refractivity contribution in [2.24, 2.45) is 11.8 Å². The van der Waals surface area contributed by atoms with Gasteiger partial charge in [0.05, 0.1) is 19.3 Å². The molecule has 1 atom stereocenters. The Bertz CT molecular complexity index is 402. The lowest BCUT2D eigenvalue weighted by Gasteiger charge is -2.39. The maximum Gasteiger partial charge on any atom is 0.404 e. The van der Waals surface area contributed by atoms with Crippen LogP contribution in [0.1, 0.15) is 38.5 Å². The Hall–Kier alpha value is -1.30. The van der Waals surface area contributed by atoms with Gasteiger partial charge in [0.15, 0.2) is 0 Å². The summed E-state index contributed by atoms with van der Waals surface area (Å²) in [5.41, 5.74) is 0. The molecule has 0 unspecified atom stereocenters. The van der Waals surface area contributed by atoms with Gasteiger partial charge in [0.1, 0.15) is 0 Å². The zero-order chi connectivity index (χ0) is 14.8. The number of carbonyl (C=O) groups excluding carboxylic acids is 1. The number of carbonyl (C=O) groups is 2. The van der Waals surface area contributed by atoms with E-state index in [1.165, 1.54) is 12.8 Å². The molecule has 118 valence electrons. The molecule has 2 aliphatic carbocycles. The average Bonchev–Trinajstić information content (AvgIpc) is 3.31. The van der Waals surface area contributed by atoms with E-state index in [0.717, 1.165) is 25.7 Å². The Balaban J connectivity index is 1.54. The second-order valence-electron chi connectivity index (χ2n) is 6.51. The highest BCUT2D eigenvalue weighted by Gasteiger charge is 2.41. The summed E-state index contributed by atoms with van der Waals surface area (Å²) < 4.78 is 5.54. The number of nitrogens with zero attached hydrogens (tertiary/aromatic N) is 1. The van der Waals surface area contributed by atoms with Crippen LogP contribution in [-0.2, 0) is 9.53 Å². The van der Waals surface area contributed by atoms with E-state index in [0.29, 0.717) is 25.7 Å². The standard InChI is InChI=1S/C15H24N2O4/c18-14(11-3-5-12(6-4-11)16-15(19)20)17-7-8-21-9-13(17)10-1-2-10/h10-13,16H,1-9H2,(H,19,20)/t11?,12?,13-/m1/s1. The zero-order valence-electron chi connectivity index (χ0n) is 12.3. The highest BCUT2D eigenvalue weighted by molar-refractivity contribution is 5.79. The predicted octanol–water partition coefficient (Wildman–Crippen LogP) is 1.45. The number of morpholine rings is 1. The number of amides is 2. The van der Waals surface area contributed by atoms with Crippen molar-refractivity contribution in [2.45, 2.75) is 50.6 Å². The molecule has 1 aliphatic heterocycles. The molecule has 0 aromatic carbocycles. The zero-order valence-corrected chi connectivity index (χ0v) is 12.3. The summed E-state index contributed by atoms with van der Waals surface area (Å²) in [4.78, 5) is 25.5. The summed E-state index contributed by atoms with van der Waals surface area (Å²) in [6.07, 6.45) is 4.58. The maximum absolute atomic E-state index is 12.8. The van der Waals surface area contributed by atoms with Crippen LogP contribution < -0.4 is 5.32 Å². The van der Waals surface area contributed by atoms with Gasteiger partial charge in [0.25, 0.3) is 0 Å². The third kappa shape index (κ3) is 3.48. The highest BCUT2D eigenvalue weighted by Crippen LogP contribution is 2.38. The highest BCUT2D eigenvalue weighted by atomic mass is 16.5. The molecule has 6 heteroatoms.